The molecule has 1 heterocycles. The molecule has 2 unspecified atom stereocenters. The fourth-order valence-electron chi connectivity index (χ4n) is 1.46. The smallest absolute Gasteiger partial charge is 0.0628 e. The van der Waals surface area contributed by atoms with Gasteiger partial charge in [0.15, 0.2) is 0 Å². The molecule has 1 rings (SSSR count). The molecule has 3 heteroatoms. The minimum atomic E-state index is 0.246. The second-order valence-electron chi connectivity index (χ2n) is 3.23. The summed E-state index contributed by atoms with van der Waals surface area (Å²) in [7, 11) is 0. The van der Waals surface area contributed by atoms with Crippen molar-refractivity contribution in [2.24, 2.45) is 5.73 Å². The molecule has 1 aliphatic heterocycles. The highest BCUT2D eigenvalue weighted by molar-refractivity contribution is 8.00. The summed E-state index contributed by atoms with van der Waals surface area (Å²) >= 11 is 2.02. The van der Waals surface area contributed by atoms with Gasteiger partial charge in [-0.1, -0.05) is 6.42 Å². The number of thioether (sulfide) groups is 1. The zero-order valence-corrected chi connectivity index (χ0v) is 8.61. The maximum atomic E-state index is 5.99. The standard InChI is InChI=1S/C9H19NOS/c1-2-11-7-8(10)9-5-3-4-6-12-9/h8-9H,2-7,10H2,1H3. The van der Waals surface area contributed by atoms with Crippen LogP contribution in [-0.2, 0) is 4.74 Å². The number of hydrogen-bond acceptors (Lipinski definition) is 3. The highest BCUT2D eigenvalue weighted by Crippen LogP contribution is 2.26. The number of rotatable bonds is 4. The molecule has 0 aromatic carbocycles. The van der Waals surface area contributed by atoms with Crippen molar-refractivity contribution >= 4 is 11.8 Å². The van der Waals surface area contributed by atoms with Crippen molar-refractivity contribution in [2.45, 2.75) is 37.5 Å². The van der Waals surface area contributed by atoms with Gasteiger partial charge in [0.25, 0.3) is 0 Å². The summed E-state index contributed by atoms with van der Waals surface area (Å²) in [5.74, 6) is 1.28. The van der Waals surface area contributed by atoms with Gasteiger partial charge in [-0.25, -0.2) is 0 Å². The molecule has 2 nitrogen and oxygen atoms in total. The normalized spacial score (nSPS) is 27.0. The van der Waals surface area contributed by atoms with Crippen molar-refractivity contribution < 1.29 is 4.74 Å². The molecule has 2 N–H and O–H groups in total. The van der Waals surface area contributed by atoms with Crippen molar-refractivity contribution in [3.8, 4) is 0 Å². The van der Waals surface area contributed by atoms with Gasteiger partial charge < -0.3 is 10.5 Å². The molecule has 0 amide bonds. The van der Waals surface area contributed by atoms with Crippen LogP contribution in [0.5, 0.6) is 0 Å². The quantitative estimate of drug-likeness (QED) is 0.730. The Labute approximate surface area is 79.2 Å². The van der Waals surface area contributed by atoms with Gasteiger partial charge in [0.1, 0.15) is 0 Å². The summed E-state index contributed by atoms with van der Waals surface area (Å²) in [6.45, 7) is 3.53. The second-order valence-corrected chi connectivity index (χ2v) is 4.58. The minimum absolute atomic E-state index is 0.246. The largest absolute Gasteiger partial charge is 0.380 e. The van der Waals surface area contributed by atoms with Crippen molar-refractivity contribution in [1.29, 1.82) is 0 Å². The topological polar surface area (TPSA) is 35.2 Å². The third-order valence-corrected chi connectivity index (χ3v) is 3.74. The molecule has 1 fully saturated rings. The molecule has 0 saturated carbocycles. The second kappa shape index (κ2) is 5.84. The van der Waals surface area contributed by atoms with Gasteiger partial charge in [0.2, 0.25) is 0 Å². The van der Waals surface area contributed by atoms with E-state index in [2.05, 4.69) is 0 Å². The Morgan fingerprint density at radius 1 is 1.58 bits per heavy atom. The van der Waals surface area contributed by atoms with Gasteiger partial charge in [-0.2, -0.15) is 11.8 Å². The lowest BCUT2D eigenvalue weighted by Gasteiger charge is -2.26. The van der Waals surface area contributed by atoms with E-state index in [4.69, 9.17) is 10.5 Å². The third kappa shape index (κ3) is 3.33. The molecule has 1 saturated heterocycles. The highest BCUT2D eigenvalue weighted by Gasteiger charge is 2.20. The predicted octanol–water partition coefficient (Wildman–Crippen LogP) is 1.64. The molecular formula is C9H19NOS. The lowest BCUT2D eigenvalue weighted by molar-refractivity contribution is 0.131. The van der Waals surface area contributed by atoms with Gasteiger partial charge >= 0.3 is 0 Å². The van der Waals surface area contributed by atoms with Crippen LogP contribution in [0.15, 0.2) is 0 Å². The average molecular weight is 189 g/mol. The number of nitrogens with two attached hydrogens (primary N) is 1. The first-order chi connectivity index (χ1) is 5.84. The van der Waals surface area contributed by atoms with Crippen molar-refractivity contribution in [2.75, 3.05) is 19.0 Å². The van der Waals surface area contributed by atoms with Crippen molar-refractivity contribution in [3.05, 3.63) is 0 Å². The first kappa shape index (κ1) is 10.4. The molecule has 12 heavy (non-hydrogen) atoms. The van der Waals surface area contributed by atoms with Crippen LogP contribution in [0.1, 0.15) is 26.2 Å². The van der Waals surface area contributed by atoms with Crippen molar-refractivity contribution in [3.63, 3.8) is 0 Å². The summed E-state index contributed by atoms with van der Waals surface area (Å²) < 4.78 is 5.31. The fourth-order valence-corrected chi connectivity index (χ4v) is 2.80. The highest BCUT2D eigenvalue weighted by atomic mass is 32.2. The van der Waals surface area contributed by atoms with Crippen LogP contribution in [-0.4, -0.2) is 30.3 Å². The van der Waals surface area contributed by atoms with Crippen LogP contribution in [0.3, 0.4) is 0 Å². The lowest BCUT2D eigenvalue weighted by Crippen LogP contribution is -2.38. The first-order valence-corrected chi connectivity index (χ1v) is 5.84. The maximum Gasteiger partial charge on any atom is 0.0628 e. The van der Waals surface area contributed by atoms with Gasteiger partial charge in [0.05, 0.1) is 6.61 Å². The Hall–Kier alpha value is 0.270. The zero-order valence-electron chi connectivity index (χ0n) is 7.79. The summed E-state index contributed by atoms with van der Waals surface area (Å²) in [5, 5.41) is 0.644. The number of ether oxygens (including phenoxy) is 1. The third-order valence-electron chi connectivity index (χ3n) is 2.21. The lowest BCUT2D eigenvalue weighted by atomic mass is 10.1. The monoisotopic (exact) mass is 189 g/mol. The molecule has 2 atom stereocenters. The van der Waals surface area contributed by atoms with Crippen LogP contribution in [0.25, 0.3) is 0 Å². The van der Waals surface area contributed by atoms with Gasteiger partial charge in [-0.05, 0) is 25.5 Å². The zero-order chi connectivity index (χ0) is 8.81. The Morgan fingerprint density at radius 2 is 2.42 bits per heavy atom. The summed E-state index contributed by atoms with van der Waals surface area (Å²) in [5.41, 5.74) is 5.99. The molecule has 0 aromatic heterocycles. The maximum absolute atomic E-state index is 5.99. The summed E-state index contributed by atoms with van der Waals surface area (Å²) in [4.78, 5) is 0. The van der Waals surface area contributed by atoms with E-state index in [9.17, 15) is 0 Å². The van der Waals surface area contributed by atoms with Crippen LogP contribution >= 0.6 is 11.8 Å². The van der Waals surface area contributed by atoms with Crippen molar-refractivity contribution in [1.82, 2.24) is 0 Å². The molecule has 1 aliphatic rings. The number of hydrogen-bond donors (Lipinski definition) is 1. The summed E-state index contributed by atoms with van der Waals surface area (Å²) in [6.07, 6.45) is 3.99. The van der Waals surface area contributed by atoms with E-state index in [-0.39, 0.29) is 6.04 Å². The predicted molar refractivity (Wildman–Crippen MR) is 54.6 cm³/mol. The van der Waals surface area contributed by atoms with E-state index in [1.54, 1.807) is 0 Å². The van der Waals surface area contributed by atoms with Crippen LogP contribution in [0, 0.1) is 0 Å². The molecule has 0 aromatic rings. The average Bonchev–Trinajstić information content (AvgIpc) is 2.15. The van der Waals surface area contributed by atoms with E-state index in [0.717, 1.165) is 13.2 Å². The van der Waals surface area contributed by atoms with E-state index < -0.39 is 0 Å². The summed E-state index contributed by atoms with van der Waals surface area (Å²) in [6, 6.07) is 0.246. The minimum Gasteiger partial charge on any atom is -0.380 e. The molecular weight excluding hydrogens is 170 g/mol. The molecule has 0 radical (unpaired) electrons. The Morgan fingerprint density at radius 3 is 3.00 bits per heavy atom. The van der Waals surface area contributed by atoms with Crippen LogP contribution < -0.4 is 5.73 Å². The Balaban J connectivity index is 2.15. The molecule has 0 spiro atoms. The van der Waals surface area contributed by atoms with Gasteiger partial charge in [-0.3, -0.25) is 0 Å². The Bertz CT molecular complexity index is 115. The molecule has 0 bridgehead atoms. The van der Waals surface area contributed by atoms with E-state index in [0.29, 0.717) is 5.25 Å². The SMILES string of the molecule is CCOCC(N)C1CCCCS1. The van der Waals surface area contributed by atoms with E-state index >= 15 is 0 Å². The van der Waals surface area contributed by atoms with E-state index in [1.807, 2.05) is 18.7 Å². The molecule has 0 aliphatic carbocycles. The van der Waals surface area contributed by atoms with E-state index in [1.165, 1.54) is 25.0 Å². The van der Waals surface area contributed by atoms with Gasteiger partial charge in [-0.15, -0.1) is 0 Å². The fraction of sp³-hybridized carbons (Fsp3) is 1.00. The first-order valence-electron chi connectivity index (χ1n) is 4.79. The Kier molecular flexibility index (Phi) is 5.04. The molecule has 72 valence electrons. The van der Waals surface area contributed by atoms with Crippen LogP contribution in [0.4, 0.5) is 0 Å². The van der Waals surface area contributed by atoms with Gasteiger partial charge in [0, 0.05) is 17.9 Å². The van der Waals surface area contributed by atoms with Crippen LogP contribution in [0.2, 0.25) is 0 Å².